The van der Waals surface area contributed by atoms with Crippen molar-refractivity contribution in [3.8, 4) is 0 Å². The molecule has 0 spiro atoms. The van der Waals surface area contributed by atoms with Crippen molar-refractivity contribution in [2.45, 2.75) is 6.92 Å². The standard InChI is InChI=1S/C7H10N2OS/c1-5(10)9(2)7-6(8)3-4-11-7/h3-4H,8H2,1-2H3. The van der Waals surface area contributed by atoms with E-state index < -0.39 is 0 Å². The van der Waals surface area contributed by atoms with E-state index in [-0.39, 0.29) is 5.91 Å². The third-order valence-electron chi connectivity index (χ3n) is 1.45. The van der Waals surface area contributed by atoms with Gasteiger partial charge in [0.25, 0.3) is 0 Å². The van der Waals surface area contributed by atoms with Gasteiger partial charge in [-0.2, -0.15) is 0 Å². The Balaban J connectivity index is 2.92. The highest BCUT2D eigenvalue weighted by atomic mass is 32.1. The van der Waals surface area contributed by atoms with Gasteiger partial charge in [-0.15, -0.1) is 11.3 Å². The number of rotatable bonds is 1. The third kappa shape index (κ3) is 1.51. The van der Waals surface area contributed by atoms with E-state index in [1.807, 2.05) is 5.38 Å². The molecule has 60 valence electrons. The first-order valence-electron chi connectivity index (χ1n) is 3.20. The molecular formula is C7H10N2OS. The van der Waals surface area contributed by atoms with Gasteiger partial charge in [-0.05, 0) is 11.4 Å². The lowest BCUT2D eigenvalue weighted by Gasteiger charge is -2.12. The Bertz CT molecular complexity index is 269. The summed E-state index contributed by atoms with van der Waals surface area (Å²) in [6.45, 7) is 1.51. The normalized spacial score (nSPS) is 9.64. The van der Waals surface area contributed by atoms with Crippen molar-refractivity contribution < 1.29 is 4.79 Å². The molecule has 0 aliphatic carbocycles. The van der Waals surface area contributed by atoms with Gasteiger partial charge in [-0.25, -0.2) is 0 Å². The molecule has 0 radical (unpaired) electrons. The zero-order valence-corrected chi connectivity index (χ0v) is 7.31. The maximum Gasteiger partial charge on any atom is 0.224 e. The molecule has 11 heavy (non-hydrogen) atoms. The fourth-order valence-corrected chi connectivity index (χ4v) is 1.56. The summed E-state index contributed by atoms with van der Waals surface area (Å²) in [6, 6.07) is 1.79. The summed E-state index contributed by atoms with van der Waals surface area (Å²) in [5.41, 5.74) is 6.26. The van der Waals surface area contributed by atoms with E-state index in [9.17, 15) is 4.79 Å². The number of thiophene rings is 1. The summed E-state index contributed by atoms with van der Waals surface area (Å²) in [4.78, 5) is 12.4. The minimum Gasteiger partial charge on any atom is -0.396 e. The van der Waals surface area contributed by atoms with Gasteiger partial charge in [0.1, 0.15) is 5.00 Å². The lowest BCUT2D eigenvalue weighted by atomic mass is 10.5. The van der Waals surface area contributed by atoms with E-state index in [2.05, 4.69) is 0 Å². The van der Waals surface area contributed by atoms with Crippen molar-refractivity contribution in [3.05, 3.63) is 11.4 Å². The molecule has 0 atom stereocenters. The molecule has 0 aliphatic rings. The van der Waals surface area contributed by atoms with Crippen LogP contribution in [0.15, 0.2) is 11.4 Å². The summed E-state index contributed by atoms with van der Waals surface area (Å²) >= 11 is 1.47. The molecule has 2 N–H and O–H groups in total. The first-order chi connectivity index (χ1) is 5.13. The molecule has 0 fully saturated rings. The Morgan fingerprint density at radius 3 is 2.73 bits per heavy atom. The molecule has 1 heterocycles. The summed E-state index contributed by atoms with van der Waals surface area (Å²) in [5, 5.41) is 2.68. The molecular weight excluding hydrogens is 160 g/mol. The number of nitrogens with zero attached hydrogens (tertiary/aromatic N) is 1. The van der Waals surface area contributed by atoms with Crippen molar-refractivity contribution in [3.63, 3.8) is 0 Å². The monoisotopic (exact) mass is 170 g/mol. The number of carbonyl (C=O) groups is 1. The van der Waals surface area contributed by atoms with Crippen LogP contribution >= 0.6 is 11.3 Å². The number of carbonyl (C=O) groups excluding carboxylic acids is 1. The number of nitrogens with two attached hydrogens (primary N) is 1. The van der Waals surface area contributed by atoms with Gasteiger partial charge in [-0.3, -0.25) is 4.79 Å². The Labute approximate surface area is 69.4 Å². The van der Waals surface area contributed by atoms with Gasteiger partial charge in [0, 0.05) is 14.0 Å². The topological polar surface area (TPSA) is 46.3 Å². The van der Waals surface area contributed by atoms with Crippen LogP contribution in [0.4, 0.5) is 10.7 Å². The number of hydrogen-bond donors (Lipinski definition) is 1. The highest BCUT2D eigenvalue weighted by Crippen LogP contribution is 2.28. The van der Waals surface area contributed by atoms with Crippen molar-refractivity contribution in [1.82, 2.24) is 0 Å². The van der Waals surface area contributed by atoms with E-state index in [4.69, 9.17) is 5.73 Å². The van der Waals surface area contributed by atoms with Crippen LogP contribution in [0.5, 0.6) is 0 Å². The molecule has 1 amide bonds. The van der Waals surface area contributed by atoms with Gasteiger partial charge < -0.3 is 10.6 Å². The lowest BCUT2D eigenvalue weighted by Crippen LogP contribution is -2.22. The minimum absolute atomic E-state index is 0.000787. The van der Waals surface area contributed by atoms with Crippen LogP contribution in [0.2, 0.25) is 0 Å². The van der Waals surface area contributed by atoms with E-state index in [0.29, 0.717) is 5.69 Å². The molecule has 1 aromatic rings. The summed E-state index contributed by atoms with van der Waals surface area (Å²) in [7, 11) is 1.71. The average Bonchev–Trinajstić information content (AvgIpc) is 2.33. The Morgan fingerprint density at radius 2 is 2.36 bits per heavy atom. The van der Waals surface area contributed by atoms with Crippen molar-refractivity contribution in [1.29, 1.82) is 0 Å². The first-order valence-corrected chi connectivity index (χ1v) is 4.08. The molecule has 1 aromatic heterocycles. The first kappa shape index (κ1) is 8.07. The largest absolute Gasteiger partial charge is 0.396 e. The second-order valence-electron chi connectivity index (χ2n) is 2.26. The zero-order chi connectivity index (χ0) is 8.43. The smallest absolute Gasteiger partial charge is 0.224 e. The van der Waals surface area contributed by atoms with Crippen LogP contribution in [0.3, 0.4) is 0 Å². The SMILES string of the molecule is CC(=O)N(C)c1sccc1N. The molecule has 0 aliphatic heterocycles. The average molecular weight is 170 g/mol. The summed E-state index contributed by atoms with van der Waals surface area (Å²) in [6.07, 6.45) is 0. The second-order valence-corrected chi connectivity index (χ2v) is 3.15. The minimum atomic E-state index is -0.000787. The maximum absolute atomic E-state index is 10.9. The quantitative estimate of drug-likeness (QED) is 0.690. The molecule has 3 nitrogen and oxygen atoms in total. The van der Waals surface area contributed by atoms with Crippen LogP contribution in [0.25, 0.3) is 0 Å². The fraction of sp³-hybridized carbons (Fsp3) is 0.286. The van der Waals surface area contributed by atoms with Crippen LogP contribution < -0.4 is 10.6 Å². The predicted octanol–water partition coefficient (Wildman–Crippen LogP) is 1.31. The molecule has 0 unspecified atom stereocenters. The van der Waals surface area contributed by atoms with Crippen molar-refractivity contribution >= 4 is 27.9 Å². The molecule has 0 bridgehead atoms. The van der Waals surface area contributed by atoms with Gasteiger partial charge in [-0.1, -0.05) is 0 Å². The third-order valence-corrected chi connectivity index (χ3v) is 2.46. The number of amides is 1. The second kappa shape index (κ2) is 2.92. The zero-order valence-electron chi connectivity index (χ0n) is 6.50. The van der Waals surface area contributed by atoms with Crippen LogP contribution in [-0.4, -0.2) is 13.0 Å². The molecule has 1 rings (SSSR count). The summed E-state index contributed by atoms with van der Waals surface area (Å²) in [5.74, 6) is -0.000787. The fourth-order valence-electron chi connectivity index (χ4n) is 0.727. The Kier molecular flexibility index (Phi) is 2.14. The Hall–Kier alpha value is -1.03. The highest BCUT2D eigenvalue weighted by molar-refractivity contribution is 7.15. The van der Waals surface area contributed by atoms with E-state index >= 15 is 0 Å². The van der Waals surface area contributed by atoms with Crippen LogP contribution in [0.1, 0.15) is 6.92 Å². The van der Waals surface area contributed by atoms with Gasteiger partial charge in [0.15, 0.2) is 0 Å². The van der Waals surface area contributed by atoms with Crippen LogP contribution in [-0.2, 0) is 4.79 Å². The van der Waals surface area contributed by atoms with Crippen molar-refractivity contribution in [2.75, 3.05) is 17.7 Å². The Morgan fingerprint density at radius 1 is 1.73 bits per heavy atom. The lowest BCUT2D eigenvalue weighted by molar-refractivity contribution is -0.116. The van der Waals surface area contributed by atoms with E-state index in [1.165, 1.54) is 18.3 Å². The molecule has 0 saturated carbocycles. The summed E-state index contributed by atoms with van der Waals surface area (Å²) < 4.78 is 0. The molecule has 4 heteroatoms. The van der Waals surface area contributed by atoms with Gasteiger partial charge in [0.2, 0.25) is 5.91 Å². The molecule has 0 saturated heterocycles. The van der Waals surface area contributed by atoms with E-state index in [1.54, 1.807) is 18.0 Å². The number of nitrogen functional groups attached to an aromatic ring is 1. The van der Waals surface area contributed by atoms with Gasteiger partial charge >= 0.3 is 0 Å². The highest BCUT2D eigenvalue weighted by Gasteiger charge is 2.09. The van der Waals surface area contributed by atoms with Crippen molar-refractivity contribution in [2.24, 2.45) is 0 Å². The molecule has 0 aromatic carbocycles. The number of hydrogen-bond acceptors (Lipinski definition) is 3. The predicted molar refractivity (Wildman–Crippen MR) is 47.8 cm³/mol. The van der Waals surface area contributed by atoms with E-state index in [0.717, 1.165) is 5.00 Å². The van der Waals surface area contributed by atoms with Crippen LogP contribution in [0, 0.1) is 0 Å². The maximum atomic E-state index is 10.9. The number of anilines is 2. The van der Waals surface area contributed by atoms with Gasteiger partial charge in [0.05, 0.1) is 5.69 Å².